The number of hydrogen-bond acceptors (Lipinski definition) is 5. The third-order valence-corrected chi connectivity index (χ3v) is 3.21. The standard InChI is InChI=1S/C8H13N3OS2/c1-4(2)6(13)7(12)10-8-9-5(3)11-14-8/h4,6,13H,1-3H3,(H,9,10,11,12). The fraction of sp³-hybridized carbons (Fsp3) is 0.625. The van der Waals surface area contributed by atoms with Crippen LogP contribution in [0.3, 0.4) is 0 Å². The lowest BCUT2D eigenvalue weighted by Crippen LogP contribution is -2.27. The van der Waals surface area contributed by atoms with E-state index in [1.165, 1.54) is 11.5 Å². The minimum Gasteiger partial charge on any atom is -0.300 e. The van der Waals surface area contributed by atoms with Crippen LogP contribution >= 0.6 is 24.2 Å². The van der Waals surface area contributed by atoms with Gasteiger partial charge in [0.25, 0.3) is 0 Å². The lowest BCUT2D eigenvalue weighted by Gasteiger charge is -2.12. The molecule has 1 aromatic heterocycles. The Morgan fingerprint density at radius 2 is 2.21 bits per heavy atom. The number of anilines is 1. The zero-order chi connectivity index (χ0) is 10.7. The number of rotatable bonds is 3. The molecule has 1 atom stereocenters. The van der Waals surface area contributed by atoms with E-state index in [-0.39, 0.29) is 17.1 Å². The van der Waals surface area contributed by atoms with E-state index in [2.05, 4.69) is 27.3 Å². The Balaban J connectivity index is 2.57. The maximum atomic E-state index is 11.5. The van der Waals surface area contributed by atoms with Crippen molar-refractivity contribution in [3.8, 4) is 0 Å². The van der Waals surface area contributed by atoms with E-state index >= 15 is 0 Å². The molecule has 0 radical (unpaired) electrons. The lowest BCUT2D eigenvalue weighted by atomic mass is 10.1. The topological polar surface area (TPSA) is 54.9 Å². The zero-order valence-corrected chi connectivity index (χ0v) is 10.0. The number of aryl methyl sites for hydroxylation is 1. The molecular weight excluding hydrogens is 218 g/mol. The van der Waals surface area contributed by atoms with E-state index in [9.17, 15) is 4.79 Å². The molecule has 0 aliphatic rings. The average molecular weight is 231 g/mol. The van der Waals surface area contributed by atoms with Gasteiger partial charge in [-0.15, -0.1) is 0 Å². The van der Waals surface area contributed by atoms with E-state index in [4.69, 9.17) is 0 Å². The van der Waals surface area contributed by atoms with Gasteiger partial charge >= 0.3 is 0 Å². The van der Waals surface area contributed by atoms with Crippen molar-refractivity contribution in [3.05, 3.63) is 5.82 Å². The average Bonchev–Trinajstić information content (AvgIpc) is 2.49. The van der Waals surface area contributed by atoms with Crippen molar-refractivity contribution in [1.82, 2.24) is 9.36 Å². The quantitative estimate of drug-likeness (QED) is 0.779. The van der Waals surface area contributed by atoms with Crippen molar-refractivity contribution in [2.45, 2.75) is 26.0 Å². The van der Waals surface area contributed by atoms with Crippen molar-refractivity contribution < 1.29 is 4.79 Å². The first kappa shape index (κ1) is 11.5. The molecule has 14 heavy (non-hydrogen) atoms. The molecule has 0 aliphatic heterocycles. The van der Waals surface area contributed by atoms with Crippen LogP contribution in [0.1, 0.15) is 19.7 Å². The van der Waals surface area contributed by atoms with Gasteiger partial charge in [-0.3, -0.25) is 10.1 Å². The van der Waals surface area contributed by atoms with Gasteiger partial charge in [-0.05, 0) is 12.8 Å². The summed E-state index contributed by atoms with van der Waals surface area (Å²) in [5.74, 6) is 0.748. The number of nitrogens with zero attached hydrogens (tertiary/aromatic N) is 2. The van der Waals surface area contributed by atoms with Gasteiger partial charge in [0.05, 0.1) is 5.25 Å². The summed E-state index contributed by atoms with van der Waals surface area (Å²) >= 11 is 5.38. The summed E-state index contributed by atoms with van der Waals surface area (Å²) in [6, 6.07) is 0. The van der Waals surface area contributed by atoms with Gasteiger partial charge in [-0.2, -0.15) is 17.0 Å². The highest BCUT2D eigenvalue weighted by Crippen LogP contribution is 2.14. The van der Waals surface area contributed by atoms with E-state index in [1.54, 1.807) is 6.92 Å². The van der Waals surface area contributed by atoms with Crippen LogP contribution in [-0.4, -0.2) is 20.5 Å². The van der Waals surface area contributed by atoms with Gasteiger partial charge in [-0.25, -0.2) is 4.98 Å². The molecule has 4 nitrogen and oxygen atoms in total. The summed E-state index contributed by atoms with van der Waals surface area (Å²) in [4.78, 5) is 15.5. The predicted octanol–water partition coefficient (Wildman–Crippen LogP) is 1.74. The number of nitrogens with one attached hydrogen (secondary N) is 1. The number of thiol groups is 1. The molecule has 1 amide bonds. The van der Waals surface area contributed by atoms with Crippen molar-refractivity contribution in [1.29, 1.82) is 0 Å². The fourth-order valence-corrected chi connectivity index (χ4v) is 1.47. The van der Waals surface area contributed by atoms with Crippen LogP contribution in [0.2, 0.25) is 0 Å². The molecule has 0 aromatic carbocycles. The van der Waals surface area contributed by atoms with Crippen molar-refractivity contribution >= 4 is 35.2 Å². The summed E-state index contributed by atoms with van der Waals surface area (Å²) in [5.41, 5.74) is 0. The monoisotopic (exact) mass is 231 g/mol. The van der Waals surface area contributed by atoms with Gasteiger partial charge < -0.3 is 0 Å². The molecule has 0 saturated heterocycles. The first-order chi connectivity index (χ1) is 6.50. The maximum Gasteiger partial charge on any atom is 0.239 e. The smallest absolute Gasteiger partial charge is 0.239 e. The summed E-state index contributed by atoms with van der Waals surface area (Å²) in [6.45, 7) is 5.68. The molecule has 6 heteroatoms. The largest absolute Gasteiger partial charge is 0.300 e. The molecule has 1 aromatic rings. The Bertz CT molecular complexity index is 324. The summed E-state index contributed by atoms with van der Waals surface area (Å²) in [6.07, 6.45) is 0. The molecule has 0 spiro atoms. The normalized spacial score (nSPS) is 12.9. The van der Waals surface area contributed by atoms with Gasteiger partial charge in [0, 0.05) is 11.5 Å². The van der Waals surface area contributed by atoms with Crippen LogP contribution in [0.5, 0.6) is 0 Å². The molecule has 0 aliphatic carbocycles. The predicted molar refractivity (Wildman–Crippen MR) is 60.9 cm³/mol. The Morgan fingerprint density at radius 1 is 1.57 bits per heavy atom. The van der Waals surface area contributed by atoms with Crippen molar-refractivity contribution in [2.24, 2.45) is 5.92 Å². The Kier molecular flexibility index (Phi) is 3.88. The van der Waals surface area contributed by atoms with Crippen LogP contribution in [0.25, 0.3) is 0 Å². The minimum atomic E-state index is -0.306. The third-order valence-electron chi connectivity index (χ3n) is 1.66. The minimum absolute atomic E-state index is 0.125. The second kappa shape index (κ2) is 4.75. The lowest BCUT2D eigenvalue weighted by molar-refractivity contribution is -0.116. The van der Waals surface area contributed by atoms with Crippen LogP contribution in [0, 0.1) is 12.8 Å². The summed E-state index contributed by atoms with van der Waals surface area (Å²) < 4.78 is 3.96. The van der Waals surface area contributed by atoms with Crippen molar-refractivity contribution in [3.63, 3.8) is 0 Å². The molecule has 0 saturated carbocycles. The Labute approximate surface area is 92.7 Å². The van der Waals surface area contributed by atoms with Gasteiger partial charge in [0.15, 0.2) is 0 Å². The maximum absolute atomic E-state index is 11.5. The van der Waals surface area contributed by atoms with Gasteiger partial charge in [0.2, 0.25) is 11.0 Å². The molecular formula is C8H13N3OS2. The molecule has 78 valence electrons. The number of aromatic nitrogens is 2. The highest BCUT2D eigenvalue weighted by molar-refractivity contribution is 7.81. The Morgan fingerprint density at radius 3 is 2.64 bits per heavy atom. The molecule has 1 heterocycles. The number of carbonyl (C=O) groups excluding carboxylic acids is 1. The van der Waals surface area contributed by atoms with E-state index in [0.717, 1.165) is 0 Å². The SMILES string of the molecule is Cc1nsc(NC(=O)C(S)C(C)C)n1. The van der Waals surface area contributed by atoms with E-state index < -0.39 is 0 Å². The molecule has 0 bridgehead atoms. The van der Waals surface area contributed by atoms with Crippen LogP contribution in [0.4, 0.5) is 5.13 Å². The van der Waals surface area contributed by atoms with E-state index in [1.807, 2.05) is 13.8 Å². The second-order valence-corrected chi connectivity index (χ2v) is 4.63. The Hall–Kier alpha value is -0.620. The fourth-order valence-electron chi connectivity index (χ4n) is 0.830. The highest BCUT2D eigenvalue weighted by atomic mass is 32.1. The van der Waals surface area contributed by atoms with Gasteiger partial charge in [-0.1, -0.05) is 13.8 Å². The number of amides is 1. The first-order valence-corrected chi connectivity index (χ1v) is 5.59. The van der Waals surface area contributed by atoms with Crippen molar-refractivity contribution in [2.75, 3.05) is 5.32 Å². The van der Waals surface area contributed by atoms with E-state index in [0.29, 0.717) is 11.0 Å². The van der Waals surface area contributed by atoms with Crippen LogP contribution in [-0.2, 0) is 4.79 Å². The molecule has 0 fully saturated rings. The zero-order valence-electron chi connectivity index (χ0n) is 8.31. The second-order valence-electron chi connectivity index (χ2n) is 3.32. The van der Waals surface area contributed by atoms with Gasteiger partial charge in [0.1, 0.15) is 5.82 Å². The first-order valence-electron chi connectivity index (χ1n) is 4.30. The van der Waals surface area contributed by atoms with Crippen LogP contribution in [0.15, 0.2) is 0 Å². The third kappa shape index (κ3) is 2.95. The summed E-state index contributed by atoms with van der Waals surface area (Å²) in [5, 5.41) is 2.90. The number of carbonyl (C=O) groups is 1. The number of hydrogen-bond donors (Lipinski definition) is 2. The van der Waals surface area contributed by atoms with Crippen LogP contribution < -0.4 is 5.32 Å². The molecule has 1 unspecified atom stereocenters. The summed E-state index contributed by atoms with van der Waals surface area (Å²) in [7, 11) is 0. The highest BCUT2D eigenvalue weighted by Gasteiger charge is 2.18. The molecule has 1 N–H and O–H groups in total. The molecule has 1 rings (SSSR count).